The molecule has 2 heterocycles. The third-order valence-electron chi connectivity index (χ3n) is 4.43. The van der Waals surface area contributed by atoms with E-state index >= 15 is 0 Å². The van der Waals surface area contributed by atoms with Gasteiger partial charge in [-0.15, -0.1) is 0 Å². The largest absolute Gasteiger partial charge is 0.385 e. The third-order valence-corrected chi connectivity index (χ3v) is 4.68. The molecule has 1 fully saturated rings. The highest BCUT2D eigenvalue weighted by molar-refractivity contribution is 6.30. The second kappa shape index (κ2) is 8.32. The van der Waals surface area contributed by atoms with Crippen LogP contribution >= 0.6 is 11.6 Å². The van der Waals surface area contributed by atoms with Crippen molar-refractivity contribution in [3.05, 3.63) is 58.9 Å². The van der Waals surface area contributed by atoms with E-state index in [0.717, 1.165) is 49.9 Å². The van der Waals surface area contributed by atoms with Crippen molar-refractivity contribution in [2.45, 2.75) is 6.42 Å². The second-order valence-electron chi connectivity index (χ2n) is 6.33. The number of hydrogen-bond donors (Lipinski definition) is 1. The summed E-state index contributed by atoms with van der Waals surface area (Å²) in [5, 5.41) is 4.11. The van der Waals surface area contributed by atoms with Crippen LogP contribution in [0.15, 0.2) is 42.6 Å². The Kier molecular flexibility index (Phi) is 5.89. The number of halogens is 1. The lowest BCUT2D eigenvalue weighted by atomic mass is 10.1. The minimum Gasteiger partial charge on any atom is -0.385 e. The number of benzene rings is 1. The molecule has 0 unspecified atom stereocenters. The van der Waals surface area contributed by atoms with Crippen LogP contribution in [0, 0.1) is 0 Å². The summed E-state index contributed by atoms with van der Waals surface area (Å²) in [5.41, 5.74) is 2.64. The van der Waals surface area contributed by atoms with Gasteiger partial charge in [-0.1, -0.05) is 23.7 Å². The van der Waals surface area contributed by atoms with E-state index in [0.29, 0.717) is 5.69 Å². The molecule has 6 heteroatoms. The van der Waals surface area contributed by atoms with Gasteiger partial charge in [-0.3, -0.25) is 9.78 Å². The standard InChI is InChI=1S/C19H23ClN4O/c1-23-10-12-24(13-11-23)19(25)18-14-17(7-9-22-18)21-8-6-15-2-4-16(20)5-3-15/h2-5,7,9,14H,6,8,10-13H2,1H3,(H,21,22). The van der Waals surface area contributed by atoms with E-state index < -0.39 is 0 Å². The number of aromatic nitrogens is 1. The molecule has 3 rings (SSSR count). The van der Waals surface area contributed by atoms with Crippen molar-refractivity contribution in [3.63, 3.8) is 0 Å². The maximum Gasteiger partial charge on any atom is 0.272 e. The van der Waals surface area contributed by atoms with Crippen LogP contribution in [0.4, 0.5) is 5.69 Å². The Balaban J connectivity index is 1.55. The molecule has 0 bridgehead atoms. The highest BCUT2D eigenvalue weighted by Gasteiger charge is 2.21. The number of carbonyl (C=O) groups excluding carboxylic acids is 1. The lowest BCUT2D eigenvalue weighted by Crippen LogP contribution is -2.47. The third kappa shape index (κ3) is 4.94. The van der Waals surface area contributed by atoms with E-state index in [4.69, 9.17) is 11.6 Å². The predicted molar refractivity (Wildman–Crippen MR) is 101 cm³/mol. The lowest BCUT2D eigenvalue weighted by Gasteiger charge is -2.32. The molecular formula is C19H23ClN4O. The Hall–Kier alpha value is -2.11. The van der Waals surface area contributed by atoms with Crippen molar-refractivity contribution in [2.75, 3.05) is 45.1 Å². The van der Waals surface area contributed by atoms with E-state index in [1.807, 2.05) is 41.3 Å². The van der Waals surface area contributed by atoms with E-state index in [1.165, 1.54) is 5.56 Å². The van der Waals surface area contributed by atoms with Gasteiger partial charge in [0, 0.05) is 49.6 Å². The fourth-order valence-corrected chi connectivity index (χ4v) is 2.96. The minimum absolute atomic E-state index is 0.00875. The molecule has 0 atom stereocenters. The van der Waals surface area contributed by atoms with Gasteiger partial charge in [-0.25, -0.2) is 0 Å². The summed E-state index contributed by atoms with van der Waals surface area (Å²) in [5.74, 6) is 0.00875. The van der Waals surface area contributed by atoms with Gasteiger partial charge in [-0.05, 0) is 43.3 Å². The Labute approximate surface area is 153 Å². The van der Waals surface area contributed by atoms with Gasteiger partial charge in [0.2, 0.25) is 0 Å². The molecule has 1 amide bonds. The summed E-state index contributed by atoms with van der Waals surface area (Å²) in [6.45, 7) is 4.11. The van der Waals surface area contributed by atoms with Crippen LogP contribution in [0.5, 0.6) is 0 Å². The van der Waals surface area contributed by atoms with Crippen LogP contribution in [-0.4, -0.2) is 60.5 Å². The molecule has 2 aromatic rings. The molecular weight excluding hydrogens is 336 g/mol. The number of likely N-dealkylation sites (N-methyl/N-ethyl adjacent to an activating group) is 1. The van der Waals surface area contributed by atoms with Crippen molar-refractivity contribution in [1.82, 2.24) is 14.8 Å². The summed E-state index contributed by atoms with van der Waals surface area (Å²) in [6.07, 6.45) is 2.58. The fraction of sp³-hybridized carbons (Fsp3) is 0.368. The van der Waals surface area contributed by atoms with Crippen molar-refractivity contribution in [3.8, 4) is 0 Å². The van der Waals surface area contributed by atoms with Crippen molar-refractivity contribution in [2.24, 2.45) is 0 Å². The molecule has 25 heavy (non-hydrogen) atoms. The fourth-order valence-electron chi connectivity index (χ4n) is 2.83. The van der Waals surface area contributed by atoms with Gasteiger partial charge in [0.1, 0.15) is 5.69 Å². The Bertz CT molecular complexity index is 712. The van der Waals surface area contributed by atoms with Gasteiger partial charge in [0.15, 0.2) is 0 Å². The normalized spacial score (nSPS) is 15.2. The van der Waals surface area contributed by atoms with Crippen LogP contribution in [0.1, 0.15) is 16.1 Å². The molecule has 0 saturated carbocycles. The quantitative estimate of drug-likeness (QED) is 0.892. The maximum absolute atomic E-state index is 12.6. The molecule has 0 radical (unpaired) electrons. The molecule has 5 nitrogen and oxygen atoms in total. The first-order chi connectivity index (χ1) is 12.1. The zero-order valence-corrected chi connectivity index (χ0v) is 15.2. The highest BCUT2D eigenvalue weighted by atomic mass is 35.5. The lowest BCUT2D eigenvalue weighted by molar-refractivity contribution is 0.0658. The second-order valence-corrected chi connectivity index (χ2v) is 6.76. The molecule has 1 aromatic carbocycles. The van der Waals surface area contributed by atoms with Gasteiger partial charge < -0.3 is 15.1 Å². The number of nitrogens with zero attached hydrogens (tertiary/aromatic N) is 3. The average molecular weight is 359 g/mol. The zero-order valence-electron chi connectivity index (χ0n) is 14.4. The summed E-state index contributed by atoms with van der Waals surface area (Å²) < 4.78 is 0. The van der Waals surface area contributed by atoms with Crippen LogP contribution in [0.3, 0.4) is 0 Å². The van der Waals surface area contributed by atoms with Crippen molar-refractivity contribution < 1.29 is 4.79 Å². The Morgan fingerprint density at radius 1 is 1.16 bits per heavy atom. The smallest absolute Gasteiger partial charge is 0.272 e. The summed E-state index contributed by atoms with van der Waals surface area (Å²) in [4.78, 5) is 20.9. The van der Waals surface area contributed by atoms with Crippen molar-refractivity contribution >= 4 is 23.2 Å². The van der Waals surface area contributed by atoms with Crippen LogP contribution in [0.2, 0.25) is 5.02 Å². The SMILES string of the molecule is CN1CCN(C(=O)c2cc(NCCc3ccc(Cl)cc3)ccn2)CC1. The van der Waals surface area contributed by atoms with E-state index in [1.54, 1.807) is 6.20 Å². The number of pyridine rings is 1. The molecule has 1 N–H and O–H groups in total. The molecule has 1 saturated heterocycles. The Morgan fingerprint density at radius 2 is 1.88 bits per heavy atom. The number of piperazine rings is 1. The zero-order chi connectivity index (χ0) is 17.6. The van der Waals surface area contributed by atoms with Crippen molar-refractivity contribution in [1.29, 1.82) is 0 Å². The number of nitrogens with one attached hydrogen (secondary N) is 1. The molecule has 1 aliphatic heterocycles. The van der Waals surface area contributed by atoms with Gasteiger partial charge in [0.25, 0.3) is 5.91 Å². The molecule has 0 spiro atoms. The number of hydrogen-bond acceptors (Lipinski definition) is 4. The number of amides is 1. The molecule has 132 valence electrons. The van der Waals surface area contributed by atoms with Gasteiger partial charge in [-0.2, -0.15) is 0 Å². The molecule has 0 aliphatic carbocycles. The van der Waals surface area contributed by atoms with E-state index in [9.17, 15) is 4.79 Å². The predicted octanol–water partition coefficient (Wildman–Crippen LogP) is 2.78. The first-order valence-corrected chi connectivity index (χ1v) is 8.92. The first kappa shape index (κ1) is 17.7. The Morgan fingerprint density at radius 3 is 2.60 bits per heavy atom. The summed E-state index contributed by atoms with van der Waals surface area (Å²) in [7, 11) is 2.07. The average Bonchev–Trinajstić information content (AvgIpc) is 2.64. The topological polar surface area (TPSA) is 48.5 Å². The number of rotatable bonds is 5. The number of anilines is 1. The molecule has 1 aliphatic rings. The first-order valence-electron chi connectivity index (χ1n) is 8.54. The minimum atomic E-state index is 0.00875. The maximum atomic E-state index is 12.6. The number of carbonyl (C=O) groups is 1. The monoisotopic (exact) mass is 358 g/mol. The van der Waals surface area contributed by atoms with E-state index in [-0.39, 0.29) is 5.91 Å². The van der Waals surface area contributed by atoms with Crippen LogP contribution < -0.4 is 5.32 Å². The highest BCUT2D eigenvalue weighted by Crippen LogP contribution is 2.13. The summed E-state index contributed by atoms with van der Waals surface area (Å²) >= 11 is 5.90. The summed E-state index contributed by atoms with van der Waals surface area (Å²) in [6, 6.07) is 11.6. The van der Waals surface area contributed by atoms with Gasteiger partial charge in [0.05, 0.1) is 0 Å². The van der Waals surface area contributed by atoms with Gasteiger partial charge >= 0.3 is 0 Å². The van der Waals surface area contributed by atoms with Crippen LogP contribution in [-0.2, 0) is 6.42 Å². The van der Waals surface area contributed by atoms with E-state index in [2.05, 4.69) is 22.2 Å². The molecule has 1 aromatic heterocycles. The van der Waals surface area contributed by atoms with Crippen LogP contribution in [0.25, 0.3) is 0 Å².